The molecular formula is C14H22O5. The highest BCUT2D eigenvalue weighted by Crippen LogP contribution is 2.32. The second-order valence-electron chi connectivity index (χ2n) is 5.78. The average molecular weight is 270 g/mol. The highest BCUT2D eigenvalue weighted by molar-refractivity contribution is 5.70. The Bertz CT molecular complexity index is 309. The van der Waals surface area contributed by atoms with Crippen molar-refractivity contribution in [2.45, 2.75) is 63.6 Å². The highest BCUT2D eigenvalue weighted by Gasteiger charge is 2.32. The number of carboxylic acid groups (broad SMARTS) is 2. The van der Waals surface area contributed by atoms with Crippen molar-refractivity contribution >= 4 is 11.9 Å². The first-order valence-electron chi connectivity index (χ1n) is 7.17. The minimum absolute atomic E-state index is 0.00704. The molecule has 0 radical (unpaired) electrons. The zero-order chi connectivity index (χ0) is 13.8. The Balaban J connectivity index is 1.83. The largest absolute Gasteiger partial charge is 0.481 e. The van der Waals surface area contributed by atoms with Gasteiger partial charge in [0.1, 0.15) is 0 Å². The normalized spacial score (nSPS) is 35.8. The Hall–Kier alpha value is -1.10. The summed E-state index contributed by atoms with van der Waals surface area (Å²) in [5.41, 5.74) is 0. The number of hydrogen-bond donors (Lipinski definition) is 2. The molecule has 2 saturated carbocycles. The average Bonchev–Trinajstić information content (AvgIpc) is 2.39. The molecule has 0 aromatic carbocycles. The second kappa shape index (κ2) is 6.37. The van der Waals surface area contributed by atoms with Crippen LogP contribution in [0.15, 0.2) is 0 Å². The molecule has 2 aliphatic carbocycles. The van der Waals surface area contributed by atoms with Crippen LogP contribution in [0.1, 0.15) is 51.4 Å². The predicted octanol–water partition coefficient (Wildman–Crippen LogP) is 2.29. The molecular weight excluding hydrogens is 248 g/mol. The molecule has 2 rings (SSSR count). The van der Waals surface area contributed by atoms with Gasteiger partial charge in [-0.05, 0) is 38.5 Å². The number of carbonyl (C=O) groups is 2. The number of ether oxygens (including phenoxy) is 1. The van der Waals surface area contributed by atoms with Gasteiger partial charge in [-0.1, -0.05) is 12.8 Å². The molecule has 19 heavy (non-hydrogen) atoms. The molecule has 0 amide bonds. The van der Waals surface area contributed by atoms with Gasteiger partial charge in [0.05, 0.1) is 24.0 Å². The Morgan fingerprint density at radius 2 is 1.21 bits per heavy atom. The minimum atomic E-state index is -0.736. The van der Waals surface area contributed by atoms with Crippen LogP contribution in [0.25, 0.3) is 0 Å². The van der Waals surface area contributed by atoms with Gasteiger partial charge in [-0.15, -0.1) is 0 Å². The molecule has 0 bridgehead atoms. The van der Waals surface area contributed by atoms with Gasteiger partial charge in [-0.3, -0.25) is 9.59 Å². The van der Waals surface area contributed by atoms with E-state index >= 15 is 0 Å². The standard InChI is InChI=1S/C14H22O5/c15-13(16)9-3-1-5-11(7-9)19-12-6-2-4-10(8-12)14(17)18/h9-12H,1-8H2,(H,15,16)(H,17,18). The summed E-state index contributed by atoms with van der Waals surface area (Å²) in [4.78, 5) is 22.0. The molecule has 2 aliphatic rings. The first-order valence-corrected chi connectivity index (χ1v) is 7.17. The fraction of sp³-hybridized carbons (Fsp3) is 0.857. The van der Waals surface area contributed by atoms with Crippen LogP contribution in [0.3, 0.4) is 0 Å². The van der Waals surface area contributed by atoms with Crippen molar-refractivity contribution in [3.8, 4) is 0 Å². The molecule has 0 saturated heterocycles. The maximum Gasteiger partial charge on any atom is 0.306 e. The van der Waals surface area contributed by atoms with Gasteiger partial charge >= 0.3 is 11.9 Å². The van der Waals surface area contributed by atoms with Crippen molar-refractivity contribution in [1.82, 2.24) is 0 Å². The summed E-state index contributed by atoms with van der Waals surface area (Å²) in [6.07, 6.45) is 6.17. The summed E-state index contributed by atoms with van der Waals surface area (Å²) in [5, 5.41) is 18.1. The zero-order valence-electron chi connectivity index (χ0n) is 11.1. The van der Waals surface area contributed by atoms with E-state index in [9.17, 15) is 9.59 Å². The molecule has 0 aliphatic heterocycles. The van der Waals surface area contributed by atoms with Crippen molar-refractivity contribution < 1.29 is 24.5 Å². The smallest absolute Gasteiger partial charge is 0.306 e. The van der Waals surface area contributed by atoms with Crippen LogP contribution >= 0.6 is 0 Å². The van der Waals surface area contributed by atoms with E-state index in [1.54, 1.807) is 0 Å². The van der Waals surface area contributed by atoms with Crippen molar-refractivity contribution in [3.63, 3.8) is 0 Å². The number of hydrogen-bond acceptors (Lipinski definition) is 3. The number of aliphatic carboxylic acids is 2. The lowest BCUT2D eigenvalue weighted by Crippen LogP contribution is -2.34. The summed E-state index contributed by atoms with van der Waals surface area (Å²) in [6.45, 7) is 0. The van der Waals surface area contributed by atoms with Crippen LogP contribution in [0.2, 0.25) is 0 Å². The van der Waals surface area contributed by atoms with E-state index in [1.165, 1.54) is 0 Å². The number of carboxylic acids is 2. The summed E-state index contributed by atoms with van der Waals surface area (Å²) in [7, 11) is 0. The van der Waals surface area contributed by atoms with E-state index in [-0.39, 0.29) is 24.0 Å². The topological polar surface area (TPSA) is 83.8 Å². The molecule has 4 unspecified atom stereocenters. The molecule has 5 heteroatoms. The van der Waals surface area contributed by atoms with Crippen LogP contribution < -0.4 is 0 Å². The van der Waals surface area contributed by atoms with E-state index in [1.807, 2.05) is 0 Å². The maximum atomic E-state index is 11.0. The maximum absolute atomic E-state index is 11.0. The summed E-state index contributed by atoms with van der Waals surface area (Å²) in [6, 6.07) is 0. The van der Waals surface area contributed by atoms with E-state index in [0.717, 1.165) is 38.5 Å². The third kappa shape index (κ3) is 3.93. The fourth-order valence-corrected chi connectivity index (χ4v) is 3.26. The molecule has 0 aromatic heterocycles. The monoisotopic (exact) mass is 270 g/mol. The van der Waals surface area contributed by atoms with Gasteiger partial charge in [0.15, 0.2) is 0 Å². The van der Waals surface area contributed by atoms with E-state index in [4.69, 9.17) is 14.9 Å². The zero-order valence-corrected chi connectivity index (χ0v) is 11.1. The van der Waals surface area contributed by atoms with Crippen LogP contribution in [-0.4, -0.2) is 34.4 Å². The SMILES string of the molecule is O=C(O)C1CCCC(OC2CCCC(C(=O)O)C2)C1. The van der Waals surface area contributed by atoms with Crippen molar-refractivity contribution in [3.05, 3.63) is 0 Å². The molecule has 2 N–H and O–H groups in total. The fourth-order valence-electron chi connectivity index (χ4n) is 3.26. The lowest BCUT2D eigenvalue weighted by Gasteiger charge is -2.33. The molecule has 5 nitrogen and oxygen atoms in total. The van der Waals surface area contributed by atoms with Crippen molar-refractivity contribution in [2.75, 3.05) is 0 Å². The van der Waals surface area contributed by atoms with E-state index in [0.29, 0.717) is 12.8 Å². The molecule has 0 heterocycles. The highest BCUT2D eigenvalue weighted by atomic mass is 16.5. The second-order valence-corrected chi connectivity index (χ2v) is 5.78. The Morgan fingerprint density at radius 1 is 0.789 bits per heavy atom. The summed E-state index contributed by atoms with van der Waals surface area (Å²) in [5.74, 6) is -2.06. The quantitative estimate of drug-likeness (QED) is 0.818. The summed E-state index contributed by atoms with van der Waals surface area (Å²) >= 11 is 0. The molecule has 0 aromatic rings. The first-order chi connectivity index (χ1) is 9.06. The molecule has 2 fully saturated rings. The minimum Gasteiger partial charge on any atom is -0.481 e. The van der Waals surface area contributed by atoms with Gasteiger partial charge in [0.2, 0.25) is 0 Å². The predicted molar refractivity (Wildman–Crippen MR) is 67.8 cm³/mol. The van der Waals surface area contributed by atoms with Crippen molar-refractivity contribution in [2.24, 2.45) is 11.8 Å². The van der Waals surface area contributed by atoms with Crippen molar-refractivity contribution in [1.29, 1.82) is 0 Å². The number of rotatable bonds is 4. The van der Waals surface area contributed by atoms with Crippen LogP contribution in [0.4, 0.5) is 0 Å². The molecule has 108 valence electrons. The van der Waals surface area contributed by atoms with Crippen LogP contribution in [0.5, 0.6) is 0 Å². The van der Waals surface area contributed by atoms with Gasteiger partial charge in [-0.2, -0.15) is 0 Å². The Morgan fingerprint density at radius 3 is 1.58 bits per heavy atom. The Kier molecular flexibility index (Phi) is 4.80. The molecule has 0 spiro atoms. The summed E-state index contributed by atoms with van der Waals surface area (Å²) < 4.78 is 5.97. The van der Waals surface area contributed by atoms with Crippen LogP contribution in [0, 0.1) is 11.8 Å². The van der Waals surface area contributed by atoms with E-state index in [2.05, 4.69) is 0 Å². The van der Waals surface area contributed by atoms with Gasteiger partial charge in [0.25, 0.3) is 0 Å². The lowest BCUT2D eigenvalue weighted by molar-refractivity contribution is -0.148. The lowest BCUT2D eigenvalue weighted by atomic mass is 9.85. The van der Waals surface area contributed by atoms with Gasteiger partial charge < -0.3 is 14.9 Å². The van der Waals surface area contributed by atoms with Gasteiger partial charge in [-0.25, -0.2) is 0 Å². The third-order valence-electron chi connectivity index (χ3n) is 4.34. The van der Waals surface area contributed by atoms with E-state index < -0.39 is 11.9 Å². The van der Waals surface area contributed by atoms with Gasteiger partial charge in [0, 0.05) is 0 Å². The third-order valence-corrected chi connectivity index (χ3v) is 4.34. The molecule has 4 atom stereocenters. The Labute approximate surface area is 112 Å². The first kappa shape index (κ1) is 14.3. The van der Waals surface area contributed by atoms with Crippen LogP contribution in [-0.2, 0) is 14.3 Å².